The van der Waals surface area contributed by atoms with Gasteiger partial charge in [0.2, 0.25) is 5.91 Å². The number of anilines is 1. The van der Waals surface area contributed by atoms with Crippen LogP contribution in [0.4, 0.5) is 5.82 Å². The number of carbonyl (C=O) groups excluding carboxylic acids is 1. The van der Waals surface area contributed by atoms with Crippen LogP contribution in [0.15, 0.2) is 77.6 Å². The number of carbonyl (C=O) groups is 1. The average Bonchev–Trinajstić information content (AvgIpc) is 2.86. The second-order valence-electron chi connectivity index (χ2n) is 8.93. The number of nitrogens with zero attached hydrogens (tertiary/aromatic N) is 4. The van der Waals surface area contributed by atoms with Gasteiger partial charge < -0.3 is 10.2 Å². The topological polar surface area (TPSA) is 70.5 Å². The minimum atomic E-state index is -0.265. The number of aromatic nitrogens is 2. The van der Waals surface area contributed by atoms with Gasteiger partial charge in [-0.2, -0.15) is 5.10 Å². The SMILES string of the molecule is C[C@@H](CCc1ccccc1)NC(=O)Cn1nc(N2CCN(Cc3ccccc3)CC2)ccc1=O. The van der Waals surface area contributed by atoms with E-state index < -0.39 is 0 Å². The van der Waals surface area contributed by atoms with Gasteiger partial charge in [0.05, 0.1) is 0 Å². The predicted molar refractivity (Wildman–Crippen MR) is 135 cm³/mol. The molecule has 0 bridgehead atoms. The average molecular weight is 460 g/mol. The monoisotopic (exact) mass is 459 g/mol. The summed E-state index contributed by atoms with van der Waals surface area (Å²) in [7, 11) is 0. The lowest BCUT2D eigenvalue weighted by Gasteiger charge is -2.35. The molecule has 4 rings (SSSR count). The molecule has 7 heteroatoms. The van der Waals surface area contributed by atoms with Gasteiger partial charge in [-0.25, -0.2) is 4.68 Å². The summed E-state index contributed by atoms with van der Waals surface area (Å²) in [5.41, 5.74) is 2.29. The molecule has 7 nitrogen and oxygen atoms in total. The highest BCUT2D eigenvalue weighted by atomic mass is 16.2. The normalized spacial score (nSPS) is 15.1. The van der Waals surface area contributed by atoms with Crippen LogP contribution in [0.3, 0.4) is 0 Å². The molecule has 1 amide bonds. The van der Waals surface area contributed by atoms with E-state index >= 15 is 0 Å². The van der Waals surface area contributed by atoms with Gasteiger partial charge in [0, 0.05) is 44.8 Å². The van der Waals surface area contributed by atoms with Crippen molar-refractivity contribution in [2.45, 2.75) is 38.9 Å². The standard InChI is InChI=1S/C27H33N5O2/c1-22(12-13-23-8-4-2-5-9-23)28-26(33)21-32-27(34)15-14-25(29-32)31-18-16-30(17-19-31)20-24-10-6-3-7-11-24/h2-11,14-15,22H,12-13,16-21H2,1H3,(H,28,33)/t22-/m0/s1. The Bertz CT molecular complexity index is 1110. The van der Waals surface area contributed by atoms with Gasteiger partial charge in [-0.15, -0.1) is 0 Å². The zero-order chi connectivity index (χ0) is 23.8. The second kappa shape index (κ2) is 11.6. The fourth-order valence-corrected chi connectivity index (χ4v) is 4.25. The zero-order valence-corrected chi connectivity index (χ0v) is 19.8. The van der Waals surface area contributed by atoms with Crippen molar-refractivity contribution in [3.63, 3.8) is 0 Å². The molecular formula is C27H33N5O2. The lowest BCUT2D eigenvalue weighted by molar-refractivity contribution is -0.122. The Morgan fingerprint density at radius 2 is 1.56 bits per heavy atom. The quantitative estimate of drug-likeness (QED) is 0.533. The van der Waals surface area contributed by atoms with E-state index in [1.807, 2.05) is 31.2 Å². The van der Waals surface area contributed by atoms with E-state index in [4.69, 9.17) is 0 Å². The number of amides is 1. The number of hydrogen-bond donors (Lipinski definition) is 1. The summed E-state index contributed by atoms with van der Waals surface area (Å²) in [4.78, 5) is 29.5. The van der Waals surface area contributed by atoms with Crippen molar-refractivity contribution < 1.29 is 4.79 Å². The highest BCUT2D eigenvalue weighted by molar-refractivity contribution is 5.75. The molecule has 1 saturated heterocycles. The Morgan fingerprint density at radius 1 is 0.912 bits per heavy atom. The molecule has 34 heavy (non-hydrogen) atoms. The van der Waals surface area contributed by atoms with E-state index in [0.29, 0.717) is 0 Å². The van der Waals surface area contributed by atoms with Crippen LogP contribution in [0.25, 0.3) is 0 Å². The molecule has 0 radical (unpaired) electrons. The van der Waals surface area contributed by atoms with Crippen LogP contribution in [0.1, 0.15) is 24.5 Å². The number of piperazine rings is 1. The minimum Gasteiger partial charge on any atom is -0.353 e. The van der Waals surface area contributed by atoms with Crippen LogP contribution in [-0.4, -0.2) is 52.8 Å². The molecule has 0 unspecified atom stereocenters. The predicted octanol–water partition coefficient (Wildman–Crippen LogP) is 2.70. The van der Waals surface area contributed by atoms with Gasteiger partial charge in [-0.1, -0.05) is 60.7 Å². The minimum absolute atomic E-state index is 0.0179. The van der Waals surface area contributed by atoms with Crippen molar-refractivity contribution in [2.75, 3.05) is 31.1 Å². The summed E-state index contributed by atoms with van der Waals surface area (Å²) >= 11 is 0. The van der Waals surface area contributed by atoms with Gasteiger partial charge >= 0.3 is 0 Å². The zero-order valence-electron chi connectivity index (χ0n) is 19.8. The fourth-order valence-electron chi connectivity index (χ4n) is 4.25. The Hall–Kier alpha value is -3.45. The summed E-state index contributed by atoms with van der Waals surface area (Å²) in [6.45, 7) is 6.37. The molecule has 2 heterocycles. The lowest BCUT2D eigenvalue weighted by Crippen LogP contribution is -2.47. The largest absolute Gasteiger partial charge is 0.353 e. The molecule has 0 saturated carbocycles. The van der Waals surface area contributed by atoms with Gasteiger partial charge in [-0.3, -0.25) is 14.5 Å². The van der Waals surface area contributed by atoms with Crippen LogP contribution >= 0.6 is 0 Å². The first-order valence-electron chi connectivity index (χ1n) is 12.0. The fraction of sp³-hybridized carbons (Fsp3) is 0.370. The molecule has 1 fully saturated rings. The maximum Gasteiger partial charge on any atom is 0.267 e. The van der Waals surface area contributed by atoms with E-state index in [9.17, 15) is 9.59 Å². The second-order valence-corrected chi connectivity index (χ2v) is 8.93. The first-order valence-corrected chi connectivity index (χ1v) is 12.0. The smallest absolute Gasteiger partial charge is 0.267 e. The number of hydrogen-bond acceptors (Lipinski definition) is 5. The molecule has 1 aromatic heterocycles. The van der Waals surface area contributed by atoms with Crippen molar-refractivity contribution >= 4 is 11.7 Å². The van der Waals surface area contributed by atoms with Crippen LogP contribution in [0.5, 0.6) is 0 Å². The number of benzene rings is 2. The van der Waals surface area contributed by atoms with Crippen molar-refractivity contribution in [3.8, 4) is 0 Å². The van der Waals surface area contributed by atoms with E-state index in [-0.39, 0.29) is 24.1 Å². The van der Waals surface area contributed by atoms with Crippen molar-refractivity contribution in [1.29, 1.82) is 0 Å². The van der Waals surface area contributed by atoms with Gasteiger partial charge in [0.15, 0.2) is 0 Å². The molecule has 3 aromatic rings. The van der Waals surface area contributed by atoms with Crippen molar-refractivity contribution in [2.24, 2.45) is 0 Å². The third kappa shape index (κ3) is 6.78. The third-order valence-electron chi connectivity index (χ3n) is 6.21. The van der Waals surface area contributed by atoms with E-state index in [0.717, 1.165) is 51.4 Å². The van der Waals surface area contributed by atoms with Crippen molar-refractivity contribution in [3.05, 3.63) is 94.3 Å². The summed E-state index contributed by atoms with van der Waals surface area (Å²) < 4.78 is 1.27. The van der Waals surface area contributed by atoms with Crippen LogP contribution in [0.2, 0.25) is 0 Å². The molecule has 1 N–H and O–H groups in total. The molecule has 2 aromatic carbocycles. The van der Waals surface area contributed by atoms with Gasteiger partial charge in [0.25, 0.3) is 5.56 Å². The number of nitrogens with one attached hydrogen (secondary N) is 1. The van der Waals surface area contributed by atoms with Crippen LogP contribution in [0, 0.1) is 0 Å². The molecule has 0 spiro atoms. The molecular weight excluding hydrogens is 426 g/mol. The Kier molecular flexibility index (Phi) is 8.09. The molecule has 178 valence electrons. The molecule has 1 atom stereocenters. The molecule has 1 aliphatic rings. The Labute approximate surface area is 201 Å². The first-order chi connectivity index (χ1) is 16.6. The maximum atomic E-state index is 12.6. The number of aryl methyl sites for hydroxylation is 1. The van der Waals surface area contributed by atoms with Crippen molar-refractivity contribution in [1.82, 2.24) is 20.0 Å². The molecule has 1 aliphatic heterocycles. The van der Waals surface area contributed by atoms with Crippen LogP contribution < -0.4 is 15.8 Å². The number of rotatable bonds is 9. The molecule has 0 aliphatic carbocycles. The van der Waals surface area contributed by atoms with E-state index in [1.165, 1.54) is 21.9 Å². The van der Waals surface area contributed by atoms with Gasteiger partial charge in [-0.05, 0) is 37.0 Å². The summed E-state index contributed by atoms with van der Waals surface area (Å²) in [6.07, 6.45) is 1.73. The highest BCUT2D eigenvalue weighted by Crippen LogP contribution is 2.14. The van der Waals surface area contributed by atoms with E-state index in [1.54, 1.807) is 6.07 Å². The Balaban J connectivity index is 1.28. The Morgan fingerprint density at radius 3 is 2.24 bits per heavy atom. The summed E-state index contributed by atoms with van der Waals surface area (Å²) in [6, 6.07) is 24.0. The lowest BCUT2D eigenvalue weighted by atomic mass is 10.1. The first kappa shape index (κ1) is 23.7. The summed E-state index contributed by atoms with van der Waals surface area (Å²) in [5.74, 6) is 0.545. The maximum absolute atomic E-state index is 12.6. The summed E-state index contributed by atoms with van der Waals surface area (Å²) in [5, 5.41) is 7.49. The highest BCUT2D eigenvalue weighted by Gasteiger charge is 2.19. The van der Waals surface area contributed by atoms with Gasteiger partial charge in [0.1, 0.15) is 12.4 Å². The van der Waals surface area contributed by atoms with Crippen LogP contribution in [-0.2, 0) is 24.3 Å². The van der Waals surface area contributed by atoms with E-state index in [2.05, 4.69) is 56.6 Å². The third-order valence-corrected chi connectivity index (χ3v) is 6.21.